The first-order valence-corrected chi connectivity index (χ1v) is 10.4. The highest BCUT2D eigenvalue weighted by Crippen LogP contribution is 2.32. The standard InChI is InChI=1S/C22H25N3OS/c1-16-8-10-19-21(17(16)2)23-22(27-19)25-14-12-24(13-15-25)20(26)11-9-18-6-4-3-5-7-18/h3-8,10H,9,11-15H2,1-2H3. The fourth-order valence-electron chi connectivity index (χ4n) is 3.55. The summed E-state index contributed by atoms with van der Waals surface area (Å²) in [4.78, 5) is 21.7. The van der Waals surface area contributed by atoms with Gasteiger partial charge in [-0.05, 0) is 43.0 Å². The van der Waals surface area contributed by atoms with Crippen LogP contribution in [0.25, 0.3) is 10.2 Å². The van der Waals surface area contributed by atoms with E-state index < -0.39 is 0 Å². The van der Waals surface area contributed by atoms with E-state index in [2.05, 4.69) is 43.0 Å². The molecule has 0 bridgehead atoms. The number of thiazole rings is 1. The van der Waals surface area contributed by atoms with Crippen LogP contribution in [0.15, 0.2) is 42.5 Å². The summed E-state index contributed by atoms with van der Waals surface area (Å²) in [6.45, 7) is 7.55. The number of benzene rings is 2. The lowest BCUT2D eigenvalue weighted by molar-refractivity contribution is -0.131. The van der Waals surface area contributed by atoms with Crippen molar-refractivity contribution in [1.82, 2.24) is 9.88 Å². The Hall–Kier alpha value is -2.40. The van der Waals surface area contributed by atoms with E-state index in [9.17, 15) is 4.79 Å². The molecule has 4 nitrogen and oxygen atoms in total. The number of amides is 1. The van der Waals surface area contributed by atoms with Gasteiger partial charge in [0.15, 0.2) is 5.13 Å². The third-order valence-electron chi connectivity index (χ3n) is 5.45. The van der Waals surface area contributed by atoms with Crippen LogP contribution in [-0.4, -0.2) is 42.0 Å². The zero-order valence-corrected chi connectivity index (χ0v) is 16.8. The van der Waals surface area contributed by atoms with Crippen LogP contribution in [0.5, 0.6) is 0 Å². The van der Waals surface area contributed by atoms with Crippen molar-refractivity contribution in [1.29, 1.82) is 0 Å². The average molecular weight is 380 g/mol. The Bertz CT molecular complexity index is 943. The van der Waals surface area contributed by atoms with Crippen molar-refractivity contribution in [2.75, 3.05) is 31.1 Å². The Morgan fingerprint density at radius 2 is 1.78 bits per heavy atom. The smallest absolute Gasteiger partial charge is 0.223 e. The number of nitrogens with zero attached hydrogens (tertiary/aromatic N) is 3. The monoisotopic (exact) mass is 379 g/mol. The maximum Gasteiger partial charge on any atom is 0.223 e. The van der Waals surface area contributed by atoms with Gasteiger partial charge in [-0.3, -0.25) is 4.79 Å². The van der Waals surface area contributed by atoms with Crippen molar-refractivity contribution in [3.63, 3.8) is 0 Å². The van der Waals surface area contributed by atoms with E-state index in [1.165, 1.54) is 21.4 Å². The number of aryl methyl sites for hydroxylation is 3. The van der Waals surface area contributed by atoms with Gasteiger partial charge in [-0.1, -0.05) is 47.7 Å². The van der Waals surface area contributed by atoms with Crippen LogP contribution in [0.2, 0.25) is 0 Å². The third-order valence-corrected chi connectivity index (χ3v) is 6.53. The second-order valence-corrected chi connectivity index (χ2v) is 8.21. The highest BCUT2D eigenvalue weighted by molar-refractivity contribution is 7.22. The number of hydrogen-bond acceptors (Lipinski definition) is 4. The molecule has 1 aliphatic heterocycles. The summed E-state index contributed by atoms with van der Waals surface area (Å²) < 4.78 is 1.24. The molecule has 5 heteroatoms. The number of anilines is 1. The van der Waals surface area contributed by atoms with Crippen LogP contribution in [0.4, 0.5) is 5.13 Å². The molecular weight excluding hydrogens is 354 g/mol. The average Bonchev–Trinajstić information content (AvgIpc) is 3.15. The lowest BCUT2D eigenvalue weighted by Gasteiger charge is -2.34. The van der Waals surface area contributed by atoms with Gasteiger partial charge in [-0.25, -0.2) is 4.98 Å². The molecular formula is C22H25N3OS. The van der Waals surface area contributed by atoms with Crippen molar-refractivity contribution in [3.8, 4) is 0 Å². The molecule has 1 aliphatic rings. The van der Waals surface area contributed by atoms with Crippen molar-refractivity contribution in [2.24, 2.45) is 0 Å². The van der Waals surface area contributed by atoms with E-state index in [-0.39, 0.29) is 5.91 Å². The van der Waals surface area contributed by atoms with E-state index in [0.29, 0.717) is 6.42 Å². The summed E-state index contributed by atoms with van der Waals surface area (Å²) >= 11 is 1.76. The second-order valence-electron chi connectivity index (χ2n) is 7.20. The largest absolute Gasteiger partial charge is 0.345 e. The lowest BCUT2D eigenvalue weighted by atomic mass is 10.1. The molecule has 0 aliphatic carbocycles. The zero-order chi connectivity index (χ0) is 18.8. The van der Waals surface area contributed by atoms with Crippen molar-refractivity contribution in [3.05, 3.63) is 59.2 Å². The van der Waals surface area contributed by atoms with Crippen LogP contribution < -0.4 is 4.90 Å². The van der Waals surface area contributed by atoms with E-state index in [0.717, 1.165) is 43.2 Å². The Labute approximate surface area is 164 Å². The third kappa shape index (κ3) is 3.83. The number of hydrogen-bond donors (Lipinski definition) is 0. The van der Waals surface area contributed by atoms with Gasteiger partial charge in [0.25, 0.3) is 0 Å². The maximum absolute atomic E-state index is 12.5. The highest BCUT2D eigenvalue weighted by Gasteiger charge is 2.23. The molecule has 1 amide bonds. The van der Waals surface area contributed by atoms with Gasteiger partial charge >= 0.3 is 0 Å². The Balaban J connectivity index is 1.36. The molecule has 2 aromatic carbocycles. The molecule has 0 radical (unpaired) electrons. The minimum absolute atomic E-state index is 0.259. The van der Waals surface area contributed by atoms with E-state index in [1.807, 2.05) is 23.1 Å². The predicted octanol–water partition coefficient (Wildman–Crippen LogP) is 4.19. The number of carbonyl (C=O) groups is 1. The zero-order valence-electron chi connectivity index (χ0n) is 15.9. The Morgan fingerprint density at radius 1 is 1.04 bits per heavy atom. The van der Waals surface area contributed by atoms with Crippen LogP contribution in [-0.2, 0) is 11.2 Å². The van der Waals surface area contributed by atoms with Crippen molar-refractivity contribution in [2.45, 2.75) is 26.7 Å². The highest BCUT2D eigenvalue weighted by atomic mass is 32.1. The predicted molar refractivity (Wildman–Crippen MR) is 113 cm³/mol. The van der Waals surface area contributed by atoms with Gasteiger partial charge in [0.05, 0.1) is 10.2 Å². The Morgan fingerprint density at radius 3 is 2.52 bits per heavy atom. The lowest BCUT2D eigenvalue weighted by Crippen LogP contribution is -2.48. The minimum Gasteiger partial charge on any atom is -0.345 e. The molecule has 3 aromatic rings. The molecule has 0 unspecified atom stereocenters. The number of piperazine rings is 1. The van der Waals surface area contributed by atoms with Crippen molar-refractivity contribution >= 4 is 32.6 Å². The topological polar surface area (TPSA) is 36.4 Å². The van der Waals surface area contributed by atoms with Crippen LogP contribution >= 0.6 is 11.3 Å². The molecule has 0 N–H and O–H groups in total. The summed E-state index contributed by atoms with van der Waals surface area (Å²) in [5, 5.41) is 1.08. The number of aromatic nitrogens is 1. The molecule has 1 saturated heterocycles. The normalized spacial score (nSPS) is 14.7. The van der Waals surface area contributed by atoms with Gasteiger partial charge in [-0.15, -0.1) is 0 Å². The molecule has 2 heterocycles. The van der Waals surface area contributed by atoms with Gasteiger partial charge in [0, 0.05) is 32.6 Å². The summed E-state index contributed by atoms with van der Waals surface area (Å²) in [6.07, 6.45) is 1.40. The minimum atomic E-state index is 0.259. The van der Waals surface area contributed by atoms with E-state index in [4.69, 9.17) is 4.98 Å². The molecule has 4 rings (SSSR count). The summed E-state index contributed by atoms with van der Waals surface area (Å²) in [6, 6.07) is 14.6. The summed E-state index contributed by atoms with van der Waals surface area (Å²) in [5.41, 5.74) is 4.90. The van der Waals surface area contributed by atoms with E-state index in [1.54, 1.807) is 11.3 Å². The first kappa shape index (κ1) is 18.0. The van der Waals surface area contributed by atoms with Crippen LogP contribution in [0, 0.1) is 13.8 Å². The van der Waals surface area contributed by atoms with Gasteiger partial charge in [0.2, 0.25) is 5.91 Å². The van der Waals surface area contributed by atoms with Gasteiger partial charge < -0.3 is 9.80 Å². The van der Waals surface area contributed by atoms with Crippen molar-refractivity contribution < 1.29 is 4.79 Å². The van der Waals surface area contributed by atoms with E-state index >= 15 is 0 Å². The number of fused-ring (bicyclic) bond motifs is 1. The molecule has 1 fully saturated rings. The summed E-state index contributed by atoms with van der Waals surface area (Å²) in [7, 11) is 0. The first-order valence-electron chi connectivity index (χ1n) is 9.55. The first-order chi connectivity index (χ1) is 13.1. The number of rotatable bonds is 4. The summed E-state index contributed by atoms with van der Waals surface area (Å²) in [5.74, 6) is 0.259. The molecule has 0 atom stereocenters. The number of carbonyl (C=O) groups excluding carboxylic acids is 1. The van der Waals surface area contributed by atoms with Gasteiger partial charge in [0.1, 0.15) is 0 Å². The molecule has 140 valence electrons. The second kappa shape index (κ2) is 7.69. The maximum atomic E-state index is 12.5. The quantitative estimate of drug-likeness (QED) is 0.682. The molecule has 0 spiro atoms. The van der Waals surface area contributed by atoms with Gasteiger partial charge in [-0.2, -0.15) is 0 Å². The fourth-order valence-corrected chi connectivity index (χ4v) is 4.63. The van der Waals surface area contributed by atoms with Crippen LogP contribution in [0.1, 0.15) is 23.1 Å². The molecule has 27 heavy (non-hydrogen) atoms. The van der Waals surface area contributed by atoms with Crippen LogP contribution in [0.3, 0.4) is 0 Å². The Kier molecular flexibility index (Phi) is 5.12. The molecule has 0 saturated carbocycles. The molecule has 1 aromatic heterocycles. The fraction of sp³-hybridized carbons (Fsp3) is 0.364. The SMILES string of the molecule is Cc1ccc2sc(N3CCN(C(=O)CCc4ccccc4)CC3)nc2c1C.